The van der Waals surface area contributed by atoms with E-state index in [1.54, 1.807) is 0 Å². The van der Waals surface area contributed by atoms with E-state index in [2.05, 4.69) is 16.0 Å². The van der Waals surface area contributed by atoms with Crippen LogP contribution in [0, 0.1) is 0 Å². The van der Waals surface area contributed by atoms with E-state index < -0.39 is 29.3 Å². The number of carboxylic acids is 2. The summed E-state index contributed by atoms with van der Waals surface area (Å²) in [6.07, 6.45) is 1.39. The van der Waals surface area contributed by atoms with Crippen LogP contribution in [0.5, 0.6) is 0 Å². The van der Waals surface area contributed by atoms with Gasteiger partial charge in [0.2, 0.25) is 0 Å². The van der Waals surface area contributed by atoms with Gasteiger partial charge in [0.05, 0.1) is 0 Å². The Labute approximate surface area is 133 Å². The maximum Gasteiger partial charge on any atom is 0.382 e. The molecule has 0 unspecified atom stereocenters. The number of rotatable bonds is 11. The molecule has 11 heteroatoms. The van der Waals surface area contributed by atoms with Gasteiger partial charge in [-0.15, -0.1) is 0 Å². The van der Waals surface area contributed by atoms with Gasteiger partial charge in [0.25, 0.3) is 0 Å². The number of hydrogen-bond acceptors (Lipinski definition) is 9. The highest BCUT2D eigenvalue weighted by molar-refractivity contribution is 8.76. The van der Waals surface area contributed by atoms with E-state index in [-0.39, 0.29) is 18.1 Å². The molecule has 0 heterocycles. The average Bonchev–Trinajstić information content (AvgIpc) is 2.43. The van der Waals surface area contributed by atoms with Crippen LogP contribution in [-0.2, 0) is 14.3 Å². The predicted molar refractivity (Wildman–Crippen MR) is 84.2 cm³/mol. The second kappa shape index (κ2) is 11.7. The maximum atomic E-state index is 11.2. The summed E-state index contributed by atoms with van der Waals surface area (Å²) < 4.78 is 7.13. The van der Waals surface area contributed by atoms with Crippen molar-refractivity contribution in [3.63, 3.8) is 0 Å². The van der Waals surface area contributed by atoms with E-state index in [1.165, 1.54) is 6.08 Å². The quantitative estimate of drug-likeness (QED) is 0.137. The summed E-state index contributed by atoms with van der Waals surface area (Å²) in [5, 5.41) is 16.9. The van der Waals surface area contributed by atoms with E-state index in [0.29, 0.717) is 11.9 Å². The standard InChI is InChI=1S/C10H16N2O6S3/c1-2-3-18-10(17)21-12-7(9(15)16)5-20-19-4-6(11)8(13)14/h2,6-7,12H,1,3-5,11H2,(H,13,14)(H,15,16)/t6-,7-/m1/s1. The van der Waals surface area contributed by atoms with Gasteiger partial charge in [0, 0.05) is 23.5 Å². The second-order valence-corrected chi connectivity index (χ2v) is 6.80. The van der Waals surface area contributed by atoms with Crippen LogP contribution >= 0.6 is 33.5 Å². The monoisotopic (exact) mass is 356 g/mol. The number of nitrogens with two attached hydrogens (primary N) is 1. The van der Waals surface area contributed by atoms with Crippen molar-refractivity contribution in [2.75, 3.05) is 18.1 Å². The zero-order chi connectivity index (χ0) is 16.3. The van der Waals surface area contributed by atoms with Crippen LogP contribution in [0.1, 0.15) is 0 Å². The second-order valence-electron chi connectivity index (χ2n) is 3.47. The van der Waals surface area contributed by atoms with Gasteiger partial charge in [0.15, 0.2) is 0 Å². The minimum Gasteiger partial charge on any atom is -0.480 e. The maximum absolute atomic E-state index is 11.2. The zero-order valence-corrected chi connectivity index (χ0v) is 13.3. The molecule has 8 nitrogen and oxygen atoms in total. The van der Waals surface area contributed by atoms with E-state index in [0.717, 1.165) is 21.6 Å². The van der Waals surface area contributed by atoms with Gasteiger partial charge in [0.1, 0.15) is 18.7 Å². The Morgan fingerprint density at radius 1 is 1.24 bits per heavy atom. The largest absolute Gasteiger partial charge is 0.480 e. The molecule has 0 bridgehead atoms. The molecule has 5 N–H and O–H groups in total. The third-order valence-corrected chi connectivity index (χ3v) is 4.92. The number of carbonyl (C=O) groups is 3. The van der Waals surface area contributed by atoms with Gasteiger partial charge in [-0.25, -0.2) is 9.52 Å². The van der Waals surface area contributed by atoms with Crippen molar-refractivity contribution in [3.05, 3.63) is 12.7 Å². The van der Waals surface area contributed by atoms with E-state index in [4.69, 9.17) is 15.9 Å². The lowest BCUT2D eigenvalue weighted by atomic mass is 10.4. The summed E-state index contributed by atoms with van der Waals surface area (Å²) in [5.74, 6) is -1.96. The summed E-state index contributed by atoms with van der Waals surface area (Å²) in [6.45, 7) is 3.42. The van der Waals surface area contributed by atoms with Crippen molar-refractivity contribution < 1.29 is 29.3 Å². The number of hydrogen-bond donors (Lipinski definition) is 4. The molecular weight excluding hydrogens is 340 g/mol. The summed E-state index contributed by atoms with van der Waals surface area (Å²) >= 11 is 0.541. The highest BCUT2D eigenvalue weighted by atomic mass is 33.1. The fourth-order valence-corrected chi connectivity index (χ4v) is 3.66. The van der Waals surface area contributed by atoms with Gasteiger partial charge < -0.3 is 20.7 Å². The summed E-state index contributed by atoms with van der Waals surface area (Å²) in [5.41, 5.74) is 5.30. The first-order chi connectivity index (χ1) is 9.88. The lowest BCUT2D eigenvalue weighted by molar-refractivity contribution is -0.139. The number of nitrogens with one attached hydrogen (secondary N) is 1. The van der Waals surface area contributed by atoms with Crippen LogP contribution in [0.2, 0.25) is 0 Å². The van der Waals surface area contributed by atoms with Crippen LogP contribution in [0.15, 0.2) is 12.7 Å². The molecule has 0 aliphatic carbocycles. The van der Waals surface area contributed by atoms with Gasteiger partial charge in [-0.2, -0.15) is 0 Å². The molecule has 0 amide bonds. The Balaban J connectivity index is 3.97. The Hall–Kier alpha value is -0.880. The molecule has 120 valence electrons. The fraction of sp³-hybridized carbons (Fsp3) is 0.500. The molecule has 0 rings (SSSR count). The van der Waals surface area contributed by atoms with Gasteiger partial charge in [-0.1, -0.05) is 34.2 Å². The first kappa shape index (κ1) is 20.1. The molecule has 0 aromatic rings. The van der Waals surface area contributed by atoms with Gasteiger partial charge >= 0.3 is 17.2 Å². The minimum absolute atomic E-state index is 0.0446. The molecule has 2 atom stereocenters. The number of carboxylic acid groups (broad SMARTS) is 2. The molecule has 0 aliphatic rings. The topological polar surface area (TPSA) is 139 Å². The molecule has 21 heavy (non-hydrogen) atoms. The number of aliphatic carboxylic acids is 2. The highest BCUT2D eigenvalue weighted by Crippen LogP contribution is 2.23. The molecule has 0 aliphatic heterocycles. The van der Waals surface area contributed by atoms with E-state index in [9.17, 15) is 14.4 Å². The summed E-state index contributed by atoms with van der Waals surface area (Å²) in [4.78, 5) is 32.6. The first-order valence-corrected chi connectivity index (χ1v) is 8.84. The van der Waals surface area contributed by atoms with Crippen LogP contribution in [0.25, 0.3) is 0 Å². The molecule has 0 saturated heterocycles. The summed E-state index contributed by atoms with van der Waals surface area (Å²) in [7, 11) is 2.31. The Morgan fingerprint density at radius 3 is 2.38 bits per heavy atom. The van der Waals surface area contributed by atoms with Crippen LogP contribution < -0.4 is 10.5 Å². The average molecular weight is 356 g/mol. The fourth-order valence-electron chi connectivity index (χ4n) is 0.740. The molecule has 0 saturated carbocycles. The molecule has 0 spiro atoms. The van der Waals surface area contributed by atoms with Crippen LogP contribution in [-0.4, -0.2) is 57.6 Å². The zero-order valence-electron chi connectivity index (χ0n) is 10.9. The van der Waals surface area contributed by atoms with Crippen molar-refractivity contribution in [1.82, 2.24) is 4.72 Å². The third-order valence-electron chi connectivity index (χ3n) is 1.78. The van der Waals surface area contributed by atoms with Gasteiger partial charge in [-0.3, -0.25) is 9.59 Å². The highest BCUT2D eigenvalue weighted by Gasteiger charge is 2.20. The normalized spacial score (nSPS) is 13.2. The van der Waals surface area contributed by atoms with E-state index in [1.807, 2.05) is 0 Å². The first-order valence-electron chi connectivity index (χ1n) is 5.54. The molecular formula is C10H16N2O6S3. The number of carbonyl (C=O) groups excluding carboxylic acids is 1. The van der Waals surface area contributed by atoms with Crippen molar-refractivity contribution in [1.29, 1.82) is 0 Å². The van der Waals surface area contributed by atoms with Gasteiger partial charge in [-0.05, 0) is 0 Å². The van der Waals surface area contributed by atoms with Crippen molar-refractivity contribution in [2.45, 2.75) is 12.1 Å². The molecule has 0 aromatic carbocycles. The van der Waals surface area contributed by atoms with Crippen LogP contribution in [0.3, 0.4) is 0 Å². The van der Waals surface area contributed by atoms with E-state index >= 15 is 0 Å². The Bertz CT molecular complexity index is 382. The minimum atomic E-state index is -1.13. The van der Waals surface area contributed by atoms with Crippen molar-refractivity contribution >= 4 is 50.8 Å². The smallest absolute Gasteiger partial charge is 0.382 e. The Kier molecular flexibility index (Phi) is 11.3. The lowest BCUT2D eigenvalue weighted by Crippen LogP contribution is -2.35. The Morgan fingerprint density at radius 2 is 1.86 bits per heavy atom. The summed E-state index contributed by atoms with van der Waals surface area (Å²) in [6, 6.07) is -1.98. The lowest BCUT2D eigenvalue weighted by Gasteiger charge is -2.12. The van der Waals surface area contributed by atoms with Crippen molar-refractivity contribution in [2.24, 2.45) is 5.73 Å². The van der Waals surface area contributed by atoms with Crippen molar-refractivity contribution in [3.8, 4) is 0 Å². The SMILES string of the molecule is C=CCOC(=O)SN[C@H](CSSC[C@@H](N)C(=O)O)C(=O)O. The molecule has 0 radical (unpaired) electrons. The predicted octanol–water partition coefficient (Wildman–Crippen LogP) is 0.793. The van der Waals surface area contributed by atoms with Crippen LogP contribution in [0.4, 0.5) is 4.79 Å². The molecule has 0 aromatic heterocycles. The third kappa shape index (κ3) is 10.5. The molecule has 0 fully saturated rings. The number of ether oxygens (including phenoxy) is 1.